The van der Waals surface area contributed by atoms with Gasteiger partial charge >= 0.3 is 5.69 Å². The average Bonchev–Trinajstić information content (AvgIpc) is 3.72. The molecule has 0 amide bonds. The van der Waals surface area contributed by atoms with Crippen LogP contribution in [-0.2, 0) is 19.5 Å². The third-order valence-corrected chi connectivity index (χ3v) is 10.8. The van der Waals surface area contributed by atoms with Gasteiger partial charge in [0.15, 0.2) is 17.5 Å². The summed E-state index contributed by atoms with van der Waals surface area (Å²) in [5.41, 5.74) is 10.2. The van der Waals surface area contributed by atoms with Crippen LogP contribution < -0.4 is 5.69 Å². The largest absolute Gasteiger partial charge is 0.328 e. The molecule has 2 aromatic heterocycles. The minimum Gasteiger partial charge on any atom is -0.295 e. The predicted molar refractivity (Wildman–Crippen MR) is 221 cm³/mol. The first-order chi connectivity index (χ1) is 29.1. The number of imidazole rings is 1. The molecule has 6 nitrogen and oxygen atoms in total. The predicted octanol–water partition coefficient (Wildman–Crippen LogP) is 10.1. The molecule has 0 spiro atoms. The number of benzene rings is 7. The van der Waals surface area contributed by atoms with Gasteiger partial charge in [-0.1, -0.05) is 164 Å². The minimum atomic E-state index is -0.680. The van der Waals surface area contributed by atoms with Gasteiger partial charge in [0, 0.05) is 30.8 Å². The molecule has 10 rings (SSSR count). The lowest BCUT2D eigenvalue weighted by Gasteiger charge is -2.33. The molecular weight excluding hydrogens is 675 g/mol. The van der Waals surface area contributed by atoms with Crippen LogP contribution >= 0.6 is 0 Å². The van der Waals surface area contributed by atoms with E-state index in [-0.39, 0.29) is 22.9 Å². The van der Waals surface area contributed by atoms with Crippen molar-refractivity contribution in [2.45, 2.75) is 5.41 Å². The van der Waals surface area contributed by atoms with Crippen LogP contribution in [0.1, 0.15) is 29.1 Å². The molecule has 7 aromatic carbocycles. The topological polar surface area (TPSA) is 65.6 Å². The zero-order valence-corrected chi connectivity index (χ0v) is 30.0. The second-order valence-electron chi connectivity index (χ2n) is 13.7. The van der Waals surface area contributed by atoms with Gasteiger partial charge in [-0.25, -0.2) is 19.7 Å². The van der Waals surface area contributed by atoms with Crippen molar-refractivity contribution in [1.82, 2.24) is 24.1 Å². The zero-order chi connectivity index (χ0) is 41.4. The van der Waals surface area contributed by atoms with Crippen LogP contribution in [0, 0.1) is 0 Å². The number of aryl methyl sites for hydroxylation is 2. The quantitative estimate of drug-likeness (QED) is 0.172. The highest BCUT2D eigenvalue weighted by atomic mass is 16.1. The van der Waals surface area contributed by atoms with E-state index in [1.165, 1.54) is 0 Å². The summed E-state index contributed by atoms with van der Waals surface area (Å²) in [6.45, 7) is 0. The van der Waals surface area contributed by atoms with E-state index in [9.17, 15) is 4.79 Å². The Balaban J connectivity index is 1.21. The van der Waals surface area contributed by atoms with Gasteiger partial charge in [-0.2, -0.15) is 0 Å². The Bertz CT molecular complexity index is 3190. The first-order valence-corrected chi connectivity index (χ1v) is 18.0. The maximum absolute atomic E-state index is 12.6. The standard InChI is InChI=1S/C49H35N5O/c1-53-42-30-29-35(31-43(42)54(2)48(53)55)32-25-27-34(28-26-32)46-50-45(33-15-6-3-7-16-33)51-47(52-46)39-22-14-24-41-44(39)38-21-12-13-23-40(38)49(41,36-17-8-4-9-18-36)37-19-10-5-11-20-37/h3-31H,1-2H3/i3D,6D,7D,15D,16D. The summed E-state index contributed by atoms with van der Waals surface area (Å²) in [5, 5.41) is 0. The number of hydrogen-bond acceptors (Lipinski definition) is 4. The maximum atomic E-state index is 12.6. The highest BCUT2D eigenvalue weighted by molar-refractivity contribution is 5.94. The Morgan fingerprint density at radius 3 is 1.75 bits per heavy atom. The summed E-state index contributed by atoms with van der Waals surface area (Å²) in [6.07, 6.45) is 0. The highest BCUT2D eigenvalue weighted by Gasteiger charge is 2.47. The molecule has 0 fully saturated rings. The lowest BCUT2D eigenvalue weighted by molar-refractivity contribution is 0.768. The van der Waals surface area contributed by atoms with Crippen molar-refractivity contribution in [3.8, 4) is 56.4 Å². The molecule has 55 heavy (non-hydrogen) atoms. The van der Waals surface area contributed by atoms with Crippen molar-refractivity contribution >= 4 is 11.0 Å². The van der Waals surface area contributed by atoms with Crippen molar-refractivity contribution in [3.63, 3.8) is 0 Å². The lowest BCUT2D eigenvalue weighted by atomic mass is 9.67. The molecule has 262 valence electrons. The van der Waals surface area contributed by atoms with Gasteiger partial charge in [0.05, 0.1) is 23.3 Å². The van der Waals surface area contributed by atoms with Crippen molar-refractivity contribution in [3.05, 3.63) is 209 Å². The van der Waals surface area contributed by atoms with Gasteiger partial charge in [0.1, 0.15) is 0 Å². The number of aromatic nitrogens is 5. The Hall–Kier alpha value is -7.18. The van der Waals surface area contributed by atoms with Crippen molar-refractivity contribution in [2.24, 2.45) is 14.1 Å². The summed E-state index contributed by atoms with van der Waals surface area (Å²) in [4.78, 5) is 27.5. The van der Waals surface area contributed by atoms with Gasteiger partial charge in [0.25, 0.3) is 0 Å². The summed E-state index contributed by atoms with van der Waals surface area (Å²) in [6, 6.07) is 46.8. The van der Waals surface area contributed by atoms with Gasteiger partial charge in [-0.15, -0.1) is 0 Å². The van der Waals surface area contributed by atoms with Crippen LogP contribution in [0.15, 0.2) is 181 Å². The molecule has 0 saturated heterocycles. The summed E-state index contributed by atoms with van der Waals surface area (Å²) in [5.74, 6) is 0.535. The molecule has 0 radical (unpaired) electrons. The molecule has 0 atom stereocenters. The molecule has 1 aliphatic rings. The Labute approximate surface area is 325 Å². The molecule has 2 heterocycles. The summed E-state index contributed by atoms with van der Waals surface area (Å²) < 4.78 is 46.3. The molecule has 6 heteroatoms. The molecule has 9 aromatic rings. The summed E-state index contributed by atoms with van der Waals surface area (Å²) in [7, 11) is 3.51. The van der Waals surface area contributed by atoms with Gasteiger partial charge in [0.2, 0.25) is 0 Å². The van der Waals surface area contributed by atoms with Gasteiger partial charge in [-0.3, -0.25) is 9.13 Å². The first-order valence-electron chi connectivity index (χ1n) is 20.5. The molecule has 0 aliphatic heterocycles. The van der Waals surface area contributed by atoms with E-state index in [0.29, 0.717) is 17.0 Å². The van der Waals surface area contributed by atoms with Crippen LogP contribution in [0.5, 0.6) is 0 Å². The SMILES string of the molecule is [2H]c1c([2H])c([2H])c(-c2nc(-c3ccc(-c4ccc5c(c4)n(C)c(=O)n5C)cc3)nc(-c3cccc4c3-c3ccccc3C4(c3ccccc3)c3ccccc3)n2)c([2H])c1[2H]. The van der Waals surface area contributed by atoms with E-state index in [1.807, 2.05) is 72.8 Å². The Morgan fingerprint density at radius 1 is 0.491 bits per heavy atom. The molecule has 0 N–H and O–H groups in total. The van der Waals surface area contributed by atoms with E-state index in [4.69, 9.17) is 21.8 Å². The molecule has 0 bridgehead atoms. The third kappa shape index (κ3) is 5.02. The minimum absolute atomic E-state index is 0.0345. The van der Waals surface area contributed by atoms with Crippen LogP contribution in [0.2, 0.25) is 0 Å². The zero-order valence-electron chi connectivity index (χ0n) is 35.0. The maximum Gasteiger partial charge on any atom is 0.328 e. The van der Waals surface area contributed by atoms with E-state index in [1.54, 1.807) is 23.2 Å². The van der Waals surface area contributed by atoms with E-state index in [0.717, 1.165) is 55.5 Å². The fraction of sp³-hybridized carbons (Fsp3) is 0.0612. The average molecular weight is 715 g/mol. The van der Waals surface area contributed by atoms with Crippen molar-refractivity contribution in [1.29, 1.82) is 0 Å². The number of rotatable bonds is 6. The number of fused-ring (bicyclic) bond motifs is 4. The fourth-order valence-corrected chi connectivity index (χ4v) is 8.28. The normalized spacial score (nSPS) is 14.0. The smallest absolute Gasteiger partial charge is 0.295 e. The molecule has 0 saturated carbocycles. The lowest BCUT2D eigenvalue weighted by Crippen LogP contribution is -2.28. The van der Waals surface area contributed by atoms with Crippen LogP contribution in [0.3, 0.4) is 0 Å². The first kappa shape index (κ1) is 27.4. The molecular formula is C49H35N5O. The summed E-state index contributed by atoms with van der Waals surface area (Å²) >= 11 is 0. The van der Waals surface area contributed by atoms with E-state index in [2.05, 4.69) is 72.8 Å². The van der Waals surface area contributed by atoms with Crippen LogP contribution in [0.25, 0.3) is 67.5 Å². The van der Waals surface area contributed by atoms with Crippen molar-refractivity contribution in [2.75, 3.05) is 0 Å². The second kappa shape index (κ2) is 12.7. The van der Waals surface area contributed by atoms with Crippen molar-refractivity contribution < 1.29 is 6.85 Å². The Kier molecular flexibility index (Phi) is 6.36. The second-order valence-corrected chi connectivity index (χ2v) is 13.7. The third-order valence-electron chi connectivity index (χ3n) is 10.8. The molecule has 0 unspecified atom stereocenters. The van der Waals surface area contributed by atoms with E-state index >= 15 is 0 Å². The van der Waals surface area contributed by atoms with Crippen LogP contribution in [0.4, 0.5) is 0 Å². The number of nitrogens with zero attached hydrogens (tertiary/aromatic N) is 5. The van der Waals surface area contributed by atoms with E-state index < -0.39 is 35.6 Å². The van der Waals surface area contributed by atoms with Gasteiger partial charge in [-0.05, 0) is 56.6 Å². The fourth-order valence-electron chi connectivity index (χ4n) is 8.28. The van der Waals surface area contributed by atoms with Crippen LogP contribution in [-0.4, -0.2) is 24.1 Å². The highest BCUT2D eigenvalue weighted by Crippen LogP contribution is 2.58. The number of hydrogen-bond donors (Lipinski definition) is 0. The Morgan fingerprint density at radius 2 is 1.04 bits per heavy atom. The monoisotopic (exact) mass is 714 g/mol. The van der Waals surface area contributed by atoms with Gasteiger partial charge < -0.3 is 0 Å². The molecule has 1 aliphatic carbocycles.